The number of para-hydroxylation sites is 3. The molecule has 0 aliphatic carbocycles. The molecule has 5 aromatic heterocycles. The molecule has 0 bridgehead atoms. The van der Waals surface area contributed by atoms with Gasteiger partial charge < -0.3 is 4.57 Å². The van der Waals surface area contributed by atoms with Gasteiger partial charge in [-0.3, -0.25) is 9.97 Å². The van der Waals surface area contributed by atoms with Crippen molar-refractivity contribution < 1.29 is 0 Å². The molecule has 7 heteroatoms. The van der Waals surface area contributed by atoms with Crippen molar-refractivity contribution in [3.05, 3.63) is 164 Å². The van der Waals surface area contributed by atoms with Gasteiger partial charge in [-0.25, -0.2) is 19.9 Å². The van der Waals surface area contributed by atoms with Gasteiger partial charge in [0.25, 0.3) is 0 Å². The quantitative estimate of drug-likeness (QED) is 0.172. The SMILES string of the molecule is c1ccc(-n2c3ccccc3c3c4c(ccc32)c(-c2ccc(-c3nc(-c5ccncc5)nc(-c5ccncc5)n3)cc2)nc2ccccc24)cc1. The van der Waals surface area contributed by atoms with Gasteiger partial charge in [-0.2, -0.15) is 0 Å². The Balaban J connectivity index is 1.17. The summed E-state index contributed by atoms with van der Waals surface area (Å²) in [5, 5.41) is 5.87. The molecule has 0 N–H and O–H groups in total. The molecule has 5 aromatic carbocycles. The van der Waals surface area contributed by atoms with E-state index < -0.39 is 0 Å². The van der Waals surface area contributed by atoms with Gasteiger partial charge in [0.15, 0.2) is 17.5 Å². The molecule has 0 atom stereocenters. The average Bonchev–Trinajstić information content (AvgIpc) is 3.56. The third kappa shape index (κ3) is 4.82. The van der Waals surface area contributed by atoms with Gasteiger partial charge in [-0.1, -0.05) is 84.9 Å². The smallest absolute Gasteiger partial charge is 0.164 e. The van der Waals surface area contributed by atoms with Crippen LogP contribution in [-0.4, -0.2) is 34.5 Å². The van der Waals surface area contributed by atoms with E-state index in [9.17, 15) is 0 Å². The van der Waals surface area contributed by atoms with Gasteiger partial charge in [0.1, 0.15) is 0 Å². The van der Waals surface area contributed by atoms with Crippen LogP contribution in [0.25, 0.3) is 94.6 Å². The normalized spacial score (nSPS) is 11.5. The van der Waals surface area contributed by atoms with Crippen LogP contribution in [0.1, 0.15) is 0 Å². The Morgan fingerprint density at radius 1 is 0.353 bits per heavy atom. The third-order valence-corrected chi connectivity index (χ3v) is 9.44. The molecule has 0 radical (unpaired) electrons. The second-order valence-electron chi connectivity index (χ2n) is 12.4. The summed E-state index contributed by atoms with van der Waals surface area (Å²) in [6, 6.07) is 48.2. The minimum Gasteiger partial charge on any atom is -0.309 e. The van der Waals surface area contributed by atoms with Crippen molar-refractivity contribution in [3.8, 4) is 51.1 Å². The molecule has 51 heavy (non-hydrogen) atoms. The van der Waals surface area contributed by atoms with E-state index in [1.807, 2.05) is 24.3 Å². The summed E-state index contributed by atoms with van der Waals surface area (Å²) >= 11 is 0. The van der Waals surface area contributed by atoms with E-state index in [2.05, 4.69) is 130 Å². The second kappa shape index (κ2) is 11.8. The summed E-state index contributed by atoms with van der Waals surface area (Å²) in [6.45, 7) is 0. The number of hydrogen-bond acceptors (Lipinski definition) is 6. The number of rotatable bonds is 5. The number of nitrogens with zero attached hydrogens (tertiary/aromatic N) is 7. The lowest BCUT2D eigenvalue weighted by molar-refractivity contribution is 1.07. The summed E-state index contributed by atoms with van der Waals surface area (Å²) in [6.07, 6.45) is 6.98. The Kier molecular flexibility index (Phi) is 6.67. The molecule has 0 aliphatic heterocycles. The van der Waals surface area contributed by atoms with Crippen molar-refractivity contribution in [3.63, 3.8) is 0 Å². The first-order valence-electron chi connectivity index (χ1n) is 16.8. The molecule has 10 rings (SSSR count). The number of benzene rings is 5. The minimum absolute atomic E-state index is 0.583. The van der Waals surface area contributed by atoms with E-state index in [-0.39, 0.29) is 0 Å². The van der Waals surface area contributed by atoms with Crippen LogP contribution >= 0.6 is 0 Å². The molecule has 0 unspecified atom stereocenters. The van der Waals surface area contributed by atoms with Crippen molar-refractivity contribution in [1.29, 1.82) is 0 Å². The zero-order valence-corrected chi connectivity index (χ0v) is 27.2. The van der Waals surface area contributed by atoms with Crippen molar-refractivity contribution >= 4 is 43.5 Å². The van der Waals surface area contributed by atoms with Gasteiger partial charge in [0.05, 0.1) is 22.2 Å². The van der Waals surface area contributed by atoms with E-state index in [0.29, 0.717) is 17.5 Å². The van der Waals surface area contributed by atoms with Crippen molar-refractivity contribution in [1.82, 2.24) is 34.5 Å². The van der Waals surface area contributed by atoms with Crippen LogP contribution in [0, 0.1) is 0 Å². The molecule has 238 valence electrons. The van der Waals surface area contributed by atoms with E-state index >= 15 is 0 Å². The maximum atomic E-state index is 5.28. The first-order chi connectivity index (χ1) is 25.3. The highest BCUT2D eigenvalue weighted by Gasteiger charge is 2.20. The second-order valence-corrected chi connectivity index (χ2v) is 12.4. The Labute approximate surface area is 292 Å². The molecule has 0 saturated carbocycles. The van der Waals surface area contributed by atoms with Gasteiger partial charge in [-0.05, 0) is 54.6 Å². The summed E-state index contributed by atoms with van der Waals surface area (Å²) in [4.78, 5) is 28.2. The molecule has 0 fully saturated rings. The van der Waals surface area contributed by atoms with Crippen LogP contribution < -0.4 is 0 Å². The largest absolute Gasteiger partial charge is 0.309 e. The van der Waals surface area contributed by atoms with Crippen LogP contribution in [0.15, 0.2) is 164 Å². The van der Waals surface area contributed by atoms with E-state index in [4.69, 9.17) is 19.9 Å². The van der Waals surface area contributed by atoms with E-state index in [0.717, 1.165) is 55.4 Å². The Hall–Kier alpha value is -7.12. The van der Waals surface area contributed by atoms with Crippen LogP contribution in [0.2, 0.25) is 0 Å². The predicted octanol–water partition coefficient (Wildman–Crippen LogP) is 10.1. The average molecular weight is 654 g/mol. The minimum atomic E-state index is 0.583. The first kappa shape index (κ1) is 28.9. The summed E-state index contributed by atoms with van der Waals surface area (Å²) in [5.74, 6) is 1.75. The Morgan fingerprint density at radius 3 is 1.57 bits per heavy atom. The monoisotopic (exact) mass is 653 g/mol. The molecular weight excluding hydrogens is 627 g/mol. The lowest BCUT2D eigenvalue weighted by atomic mass is 9.96. The standard InChI is InChI=1S/C44H27N7/c1-2-8-32(9-3-1)51-37-13-7-5-11-34(37)40-38(51)19-18-35-39(40)33-10-4-6-12-36(33)47-41(35)28-14-16-29(17-15-28)42-48-43(30-20-24-45-25-21-30)50-44(49-42)31-22-26-46-27-23-31/h1-27H. The Bertz CT molecular complexity index is 2830. The summed E-state index contributed by atoms with van der Waals surface area (Å²) in [5.41, 5.74) is 8.98. The fourth-order valence-electron chi connectivity index (χ4n) is 7.12. The van der Waals surface area contributed by atoms with Gasteiger partial charge in [-0.15, -0.1) is 0 Å². The van der Waals surface area contributed by atoms with Crippen LogP contribution in [0.4, 0.5) is 0 Å². The molecule has 0 aliphatic rings. The fraction of sp³-hybridized carbons (Fsp3) is 0. The topological polar surface area (TPSA) is 82.3 Å². The van der Waals surface area contributed by atoms with Gasteiger partial charge >= 0.3 is 0 Å². The summed E-state index contributed by atoms with van der Waals surface area (Å²) < 4.78 is 2.36. The third-order valence-electron chi connectivity index (χ3n) is 9.44. The van der Waals surface area contributed by atoms with Gasteiger partial charge in [0.2, 0.25) is 0 Å². The van der Waals surface area contributed by atoms with Crippen LogP contribution in [-0.2, 0) is 0 Å². The van der Waals surface area contributed by atoms with Crippen molar-refractivity contribution in [2.24, 2.45) is 0 Å². The van der Waals surface area contributed by atoms with Gasteiger partial charge in [0, 0.05) is 79.7 Å². The maximum absolute atomic E-state index is 5.28. The molecule has 5 heterocycles. The fourth-order valence-corrected chi connectivity index (χ4v) is 7.12. The van der Waals surface area contributed by atoms with Crippen LogP contribution in [0.3, 0.4) is 0 Å². The highest BCUT2D eigenvalue weighted by Crippen LogP contribution is 2.42. The predicted molar refractivity (Wildman–Crippen MR) is 204 cm³/mol. The number of hydrogen-bond donors (Lipinski definition) is 0. The number of fused-ring (bicyclic) bond motifs is 7. The van der Waals surface area contributed by atoms with Crippen LogP contribution in [0.5, 0.6) is 0 Å². The maximum Gasteiger partial charge on any atom is 0.164 e. The molecule has 0 saturated heterocycles. The Morgan fingerprint density at radius 2 is 0.902 bits per heavy atom. The molecule has 0 amide bonds. The molecule has 10 aromatic rings. The lowest BCUT2D eigenvalue weighted by Gasteiger charge is -2.13. The van der Waals surface area contributed by atoms with E-state index in [1.54, 1.807) is 24.8 Å². The molecule has 7 nitrogen and oxygen atoms in total. The van der Waals surface area contributed by atoms with Crippen molar-refractivity contribution in [2.45, 2.75) is 0 Å². The molecule has 0 spiro atoms. The van der Waals surface area contributed by atoms with Crippen molar-refractivity contribution in [2.75, 3.05) is 0 Å². The lowest BCUT2D eigenvalue weighted by Crippen LogP contribution is -2.00. The van der Waals surface area contributed by atoms with E-state index in [1.165, 1.54) is 21.7 Å². The summed E-state index contributed by atoms with van der Waals surface area (Å²) in [7, 11) is 0. The highest BCUT2D eigenvalue weighted by atomic mass is 15.0. The molecular formula is C44H27N7. The first-order valence-corrected chi connectivity index (χ1v) is 16.8. The number of aromatic nitrogens is 7. The number of pyridine rings is 3. The highest BCUT2D eigenvalue weighted by molar-refractivity contribution is 6.29. The zero-order chi connectivity index (χ0) is 33.7. The zero-order valence-electron chi connectivity index (χ0n) is 27.2.